The van der Waals surface area contributed by atoms with Crippen LogP contribution >= 0.6 is 0 Å². The molecule has 2 aliphatic rings. The normalized spacial score (nSPS) is 17.9. The van der Waals surface area contributed by atoms with Gasteiger partial charge in [-0.05, 0) is 18.1 Å². The summed E-state index contributed by atoms with van der Waals surface area (Å²) in [6.07, 6.45) is -0.586. The molecule has 3 heterocycles. The van der Waals surface area contributed by atoms with Crippen LogP contribution in [0.1, 0.15) is 11.1 Å². The first kappa shape index (κ1) is 18.2. The average Bonchev–Trinajstić information content (AvgIpc) is 3.52. The Balaban J connectivity index is 1.63. The number of aryl methyl sites for hydroxylation is 1. The third-order valence-corrected chi connectivity index (χ3v) is 4.68. The lowest BCUT2D eigenvalue weighted by atomic mass is 10.1. The Hall–Kier alpha value is -3.13. The van der Waals surface area contributed by atoms with Crippen molar-refractivity contribution in [3.63, 3.8) is 0 Å². The van der Waals surface area contributed by atoms with E-state index in [9.17, 15) is 9.59 Å². The van der Waals surface area contributed by atoms with E-state index in [-0.39, 0.29) is 25.2 Å². The molecule has 1 saturated heterocycles. The summed E-state index contributed by atoms with van der Waals surface area (Å²) >= 11 is 0. The monoisotopic (exact) mass is 383 g/mol. The van der Waals surface area contributed by atoms with E-state index < -0.39 is 6.09 Å². The van der Waals surface area contributed by atoms with Crippen molar-refractivity contribution >= 4 is 23.5 Å². The average molecular weight is 383 g/mol. The molecule has 0 bridgehead atoms. The molecule has 1 aromatic heterocycles. The molecule has 146 valence electrons. The number of ether oxygens (including phenoxy) is 3. The highest BCUT2D eigenvalue weighted by molar-refractivity contribution is 6.09. The molecular formula is C20H21N3O5. The van der Waals surface area contributed by atoms with Crippen molar-refractivity contribution in [1.82, 2.24) is 4.98 Å². The minimum Gasteiger partial charge on any atom is -0.481 e. The fourth-order valence-corrected chi connectivity index (χ4v) is 3.18. The van der Waals surface area contributed by atoms with Gasteiger partial charge in [0.15, 0.2) is 5.82 Å². The van der Waals surface area contributed by atoms with Gasteiger partial charge in [0.05, 0.1) is 32.1 Å². The van der Waals surface area contributed by atoms with Crippen molar-refractivity contribution in [2.24, 2.45) is 0 Å². The zero-order chi connectivity index (χ0) is 19.7. The van der Waals surface area contributed by atoms with Crippen molar-refractivity contribution in [2.45, 2.75) is 19.6 Å². The van der Waals surface area contributed by atoms with E-state index in [0.29, 0.717) is 30.5 Å². The van der Waals surface area contributed by atoms with Gasteiger partial charge in [-0.1, -0.05) is 30.3 Å². The Kier molecular flexibility index (Phi) is 4.87. The number of pyridine rings is 1. The van der Waals surface area contributed by atoms with Crippen LogP contribution in [0.15, 0.2) is 36.4 Å². The number of benzene rings is 1. The summed E-state index contributed by atoms with van der Waals surface area (Å²) in [5.41, 5.74) is 2.20. The van der Waals surface area contributed by atoms with Gasteiger partial charge in [0, 0.05) is 6.07 Å². The number of carbonyl (C=O) groups is 2. The molecule has 2 amide bonds. The molecule has 4 rings (SSSR count). The number of amides is 2. The van der Waals surface area contributed by atoms with Gasteiger partial charge >= 0.3 is 6.09 Å². The maximum atomic E-state index is 12.8. The molecule has 0 radical (unpaired) electrons. The van der Waals surface area contributed by atoms with Crippen LogP contribution in [-0.2, 0) is 20.9 Å². The Morgan fingerprint density at radius 2 is 2.07 bits per heavy atom. The summed E-state index contributed by atoms with van der Waals surface area (Å²) in [7, 11) is 1.51. The lowest BCUT2D eigenvalue weighted by Crippen LogP contribution is -2.50. The first-order valence-electron chi connectivity index (χ1n) is 9.02. The Bertz CT molecular complexity index is 898. The molecule has 8 heteroatoms. The van der Waals surface area contributed by atoms with Crippen LogP contribution in [0.4, 0.5) is 16.3 Å². The summed E-state index contributed by atoms with van der Waals surface area (Å²) in [5, 5.41) is 0. The van der Waals surface area contributed by atoms with Crippen LogP contribution in [0.25, 0.3) is 0 Å². The highest BCUT2D eigenvalue weighted by atomic mass is 16.6. The Morgan fingerprint density at radius 3 is 2.75 bits per heavy atom. The maximum Gasteiger partial charge on any atom is 0.415 e. The Morgan fingerprint density at radius 1 is 1.32 bits per heavy atom. The predicted molar refractivity (Wildman–Crippen MR) is 102 cm³/mol. The summed E-state index contributed by atoms with van der Waals surface area (Å²) in [6, 6.07) is 11.1. The van der Waals surface area contributed by atoms with Gasteiger partial charge in [0.25, 0.3) is 0 Å². The van der Waals surface area contributed by atoms with E-state index in [4.69, 9.17) is 14.2 Å². The SMILES string of the molecule is COc1cc(C)c2c(n1)N(CC1CO1)C(=O)CN2C(=O)OCc1ccccc1. The topological polar surface area (TPSA) is 84.5 Å². The number of methoxy groups -OCH3 is 1. The van der Waals surface area contributed by atoms with Crippen LogP contribution < -0.4 is 14.5 Å². The zero-order valence-electron chi connectivity index (χ0n) is 15.8. The first-order valence-corrected chi connectivity index (χ1v) is 9.02. The number of hydrogen-bond donors (Lipinski definition) is 0. The summed E-state index contributed by atoms with van der Waals surface area (Å²) < 4.78 is 16.0. The maximum absolute atomic E-state index is 12.8. The number of carbonyl (C=O) groups excluding carboxylic acids is 2. The smallest absolute Gasteiger partial charge is 0.415 e. The van der Waals surface area contributed by atoms with Gasteiger partial charge in [-0.25, -0.2) is 4.79 Å². The number of epoxide rings is 1. The number of rotatable bonds is 5. The van der Waals surface area contributed by atoms with Gasteiger partial charge in [-0.3, -0.25) is 14.6 Å². The Labute approximate surface area is 162 Å². The fraction of sp³-hybridized carbons (Fsp3) is 0.350. The minimum absolute atomic E-state index is 0.00156. The molecule has 28 heavy (non-hydrogen) atoms. The minimum atomic E-state index is -0.587. The number of nitrogens with zero attached hydrogens (tertiary/aromatic N) is 3. The predicted octanol–water partition coefficient (Wildman–Crippen LogP) is 2.29. The van der Waals surface area contributed by atoms with Gasteiger partial charge in [0.2, 0.25) is 11.8 Å². The molecule has 0 aliphatic carbocycles. The largest absolute Gasteiger partial charge is 0.481 e. The van der Waals surface area contributed by atoms with E-state index in [1.165, 1.54) is 12.0 Å². The molecule has 2 aromatic rings. The lowest BCUT2D eigenvalue weighted by Gasteiger charge is -2.35. The van der Waals surface area contributed by atoms with E-state index in [0.717, 1.165) is 11.1 Å². The summed E-state index contributed by atoms with van der Waals surface area (Å²) in [6.45, 7) is 2.88. The van der Waals surface area contributed by atoms with Crippen molar-refractivity contribution in [3.8, 4) is 5.88 Å². The molecule has 0 N–H and O–H groups in total. The molecule has 1 fully saturated rings. The first-order chi connectivity index (χ1) is 13.6. The van der Waals surface area contributed by atoms with Crippen molar-refractivity contribution in [3.05, 3.63) is 47.5 Å². The second kappa shape index (κ2) is 7.47. The van der Waals surface area contributed by atoms with E-state index >= 15 is 0 Å². The third kappa shape index (κ3) is 3.63. The second-order valence-electron chi connectivity index (χ2n) is 6.74. The lowest BCUT2D eigenvalue weighted by molar-refractivity contribution is -0.117. The van der Waals surface area contributed by atoms with Crippen LogP contribution in [0.3, 0.4) is 0 Å². The van der Waals surface area contributed by atoms with Crippen molar-refractivity contribution < 1.29 is 23.8 Å². The molecule has 0 spiro atoms. The molecular weight excluding hydrogens is 362 g/mol. The van der Waals surface area contributed by atoms with Crippen LogP contribution in [0, 0.1) is 6.92 Å². The molecule has 2 aliphatic heterocycles. The van der Waals surface area contributed by atoms with Gasteiger partial charge in [-0.15, -0.1) is 0 Å². The van der Waals surface area contributed by atoms with Gasteiger partial charge in [0.1, 0.15) is 13.2 Å². The standard InChI is InChI=1S/C20H21N3O5/c1-13-8-16(26-2)21-19-18(13)23(10-17(24)22(19)9-15-12-27-15)20(25)28-11-14-6-4-3-5-7-14/h3-8,15H,9-12H2,1-2H3. The highest BCUT2D eigenvalue weighted by Gasteiger charge is 2.39. The van der Waals surface area contributed by atoms with Crippen LogP contribution in [-0.4, -0.2) is 49.9 Å². The van der Waals surface area contributed by atoms with Crippen molar-refractivity contribution in [2.75, 3.05) is 36.6 Å². The van der Waals surface area contributed by atoms with Gasteiger partial charge < -0.3 is 14.2 Å². The second-order valence-corrected chi connectivity index (χ2v) is 6.74. The van der Waals surface area contributed by atoms with E-state index in [2.05, 4.69) is 4.98 Å². The summed E-state index contributed by atoms with van der Waals surface area (Å²) in [4.78, 5) is 32.9. The quantitative estimate of drug-likeness (QED) is 0.737. The zero-order valence-corrected chi connectivity index (χ0v) is 15.8. The molecule has 8 nitrogen and oxygen atoms in total. The molecule has 0 saturated carbocycles. The van der Waals surface area contributed by atoms with Gasteiger partial charge in [-0.2, -0.15) is 4.98 Å². The summed E-state index contributed by atoms with van der Waals surface area (Å²) in [5.74, 6) is 0.533. The number of aromatic nitrogens is 1. The fourth-order valence-electron chi connectivity index (χ4n) is 3.18. The molecule has 1 atom stereocenters. The van der Waals surface area contributed by atoms with Crippen LogP contribution in [0.5, 0.6) is 5.88 Å². The highest BCUT2D eigenvalue weighted by Crippen LogP contribution is 2.38. The third-order valence-electron chi connectivity index (χ3n) is 4.68. The molecule has 1 unspecified atom stereocenters. The molecule has 1 aromatic carbocycles. The van der Waals surface area contributed by atoms with Crippen molar-refractivity contribution in [1.29, 1.82) is 0 Å². The van der Waals surface area contributed by atoms with E-state index in [1.807, 2.05) is 37.3 Å². The van der Waals surface area contributed by atoms with E-state index in [1.54, 1.807) is 11.0 Å². The number of fused-ring (bicyclic) bond motifs is 1. The number of anilines is 2. The number of hydrogen-bond acceptors (Lipinski definition) is 6. The van der Waals surface area contributed by atoms with Crippen LogP contribution in [0.2, 0.25) is 0 Å².